The quantitative estimate of drug-likeness (QED) is 0.524. The average molecular weight is 496 g/mol. The molecule has 1 aromatic rings. The first-order valence-corrected chi connectivity index (χ1v) is 12.1. The number of nitrogens with zero attached hydrogens (tertiary/aromatic N) is 1. The van der Waals surface area contributed by atoms with E-state index in [1.807, 2.05) is 29.2 Å². The summed E-state index contributed by atoms with van der Waals surface area (Å²) in [6.07, 6.45) is 7.59. The van der Waals surface area contributed by atoms with Crippen LogP contribution in [0.5, 0.6) is 0 Å². The van der Waals surface area contributed by atoms with Crippen molar-refractivity contribution in [3.05, 3.63) is 42.0 Å². The van der Waals surface area contributed by atoms with Crippen molar-refractivity contribution in [3.63, 3.8) is 0 Å². The van der Waals surface area contributed by atoms with E-state index in [0.29, 0.717) is 5.92 Å². The van der Waals surface area contributed by atoms with Crippen LogP contribution in [0, 0.1) is 5.92 Å². The van der Waals surface area contributed by atoms with E-state index in [9.17, 15) is 22.8 Å². The normalized spacial score (nSPS) is 20.9. The lowest BCUT2D eigenvalue weighted by atomic mass is 9.84. The molecule has 7 nitrogen and oxygen atoms in total. The van der Waals surface area contributed by atoms with Crippen LogP contribution < -0.4 is 15.5 Å². The van der Waals surface area contributed by atoms with Crippen LogP contribution in [0.2, 0.25) is 0 Å². The largest absolute Gasteiger partial charge is 0.490 e. The van der Waals surface area contributed by atoms with Crippen molar-refractivity contribution < 1.29 is 32.7 Å². The van der Waals surface area contributed by atoms with Gasteiger partial charge >= 0.3 is 12.1 Å². The Morgan fingerprint density at radius 2 is 1.80 bits per heavy atom. The molecule has 2 heterocycles. The lowest BCUT2D eigenvalue weighted by molar-refractivity contribution is -0.192. The summed E-state index contributed by atoms with van der Waals surface area (Å²) in [5.41, 5.74) is 2.25. The molecule has 2 atom stereocenters. The Morgan fingerprint density at radius 1 is 1.14 bits per heavy atom. The number of hydrogen-bond acceptors (Lipinski definition) is 4. The number of alkyl halides is 3. The molecule has 1 aliphatic carbocycles. The van der Waals surface area contributed by atoms with Crippen LogP contribution in [0.1, 0.15) is 50.5 Å². The summed E-state index contributed by atoms with van der Waals surface area (Å²) in [6, 6.07) is 7.96. The number of rotatable bonds is 6. The second-order valence-corrected chi connectivity index (χ2v) is 9.18. The molecule has 1 saturated heterocycles. The van der Waals surface area contributed by atoms with E-state index in [0.717, 1.165) is 38.0 Å². The molecule has 2 amide bonds. The van der Waals surface area contributed by atoms with Gasteiger partial charge in [0.05, 0.1) is 6.04 Å². The van der Waals surface area contributed by atoms with E-state index in [2.05, 4.69) is 16.7 Å². The fourth-order valence-electron chi connectivity index (χ4n) is 4.62. The zero-order valence-corrected chi connectivity index (χ0v) is 19.5. The summed E-state index contributed by atoms with van der Waals surface area (Å²) < 4.78 is 31.7. The fraction of sp³-hybridized carbons (Fsp3) is 0.560. The van der Waals surface area contributed by atoms with E-state index in [-0.39, 0.29) is 23.9 Å². The maximum absolute atomic E-state index is 12.8. The van der Waals surface area contributed by atoms with Gasteiger partial charge in [-0.3, -0.25) is 9.59 Å². The standard InChI is InChI=1S/C23H31N3O2.C2HF3O2/c27-22(26-15-13-18-8-4-5-9-21(18)26)11-10-19(16-17-6-2-1-3-7-17)25-23(28)20-12-14-24-20;3-2(4,5)1(6)7/h4-5,8-11,17,19-20,24H,1-3,6-7,12-16H2,(H,25,28);(H,6,7)/t19-,20+;/m1./s1. The highest BCUT2D eigenvalue weighted by atomic mass is 19.4. The Hall–Kier alpha value is -2.88. The van der Waals surface area contributed by atoms with Gasteiger partial charge in [0.25, 0.3) is 5.91 Å². The molecule has 2 fully saturated rings. The number of halogens is 3. The molecule has 192 valence electrons. The predicted molar refractivity (Wildman–Crippen MR) is 125 cm³/mol. The van der Waals surface area contributed by atoms with Crippen LogP contribution in [0.25, 0.3) is 0 Å². The van der Waals surface area contributed by atoms with Gasteiger partial charge in [0, 0.05) is 24.4 Å². The zero-order valence-electron chi connectivity index (χ0n) is 19.5. The summed E-state index contributed by atoms with van der Waals surface area (Å²) in [7, 11) is 0. The third-order valence-corrected chi connectivity index (χ3v) is 6.65. The minimum absolute atomic E-state index is 0.00890. The number of carboxylic acid groups (broad SMARTS) is 1. The SMILES string of the molecule is O=C(N[C@H](C=CC(=O)N1CCc2ccccc21)CC1CCCCC1)[C@@H]1CCN1.O=C(O)C(F)(F)F. The molecule has 0 bridgehead atoms. The minimum Gasteiger partial charge on any atom is -0.475 e. The second-order valence-electron chi connectivity index (χ2n) is 9.18. The monoisotopic (exact) mass is 495 g/mol. The van der Waals surface area contributed by atoms with Crippen molar-refractivity contribution in [1.29, 1.82) is 0 Å². The van der Waals surface area contributed by atoms with Gasteiger partial charge in [-0.05, 0) is 43.4 Å². The molecular formula is C25H32F3N3O4. The number of anilines is 1. The van der Waals surface area contributed by atoms with Crippen molar-refractivity contribution in [2.45, 2.75) is 69.6 Å². The van der Waals surface area contributed by atoms with Gasteiger partial charge in [0.15, 0.2) is 0 Å². The Bertz CT molecular complexity index is 925. The number of carbonyl (C=O) groups is 3. The number of carbonyl (C=O) groups excluding carboxylic acids is 2. The highest BCUT2D eigenvalue weighted by Crippen LogP contribution is 2.29. The lowest BCUT2D eigenvalue weighted by Gasteiger charge is -2.30. The third-order valence-electron chi connectivity index (χ3n) is 6.65. The number of nitrogens with one attached hydrogen (secondary N) is 2. The molecule has 0 unspecified atom stereocenters. The van der Waals surface area contributed by atoms with Gasteiger partial charge in [-0.15, -0.1) is 0 Å². The summed E-state index contributed by atoms with van der Waals surface area (Å²) >= 11 is 0. The van der Waals surface area contributed by atoms with E-state index in [1.165, 1.54) is 37.7 Å². The molecule has 10 heteroatoms. The number of hydrogen-bond donors (Lipinski definition) is 3. The molecule has 1 aromatic carbocycles. The molecule has 2 aliphatic heterocycles. The molecule has 1 saturated carbocycles. The van der Waals surface area contributed by atoms with E-state index < -0.39 is 12.1 Å². The van der Waals surface area contributed by atoms with E-state index in [4.69, 9.17) is 9.90 Å². The smallest absolute Gasteiger partial charge is 0.475 e. The lowest BCUT2D eigenvalue weighted by Crippen LogP contribution is -2.55. The predicted octanol–water partition coefficient (Wildman–Crippen LogP) is 3.58. The summed E-state index contributed by atoms with van der Waals surface area (Å²) in [6.45, 7) is 1.64. The van der Waals surface area contributed by atoms with Crippen molar-refractivity contribution in [1.82, 2.24) is 10.6 Å². The Kier molecular flexibility index (Phi) is 9.31. The molecule has 0 spiro atoms. The molecular weight excluding hydrogens is 463 g/mol. The zero-order chi connectivity index (χ0) is 25.4. The number of aliphatic carboxylic acids is 1. The Balaban J connectivity index is 0.000000429. The molecule has 35 heavy (non-hydrogen) atoms. The van der Waals surface area contributed by atoms with Crippen LogP contribution >= 0.6 is 0 Å². The van der Waals surface area contributed by atoms with Gasteiger partial charge in [0.2, 0.25) is 5.91 Å². The first kappa shape index (κ1) is 26.7. The van der Waals surface area contributed by atoms with Crippen molar-refractivity contribution in [2.75, 3.05) is 18.0 Å². The summed E-state index contributed by atoms with van der Waals surface area (Å²) in [4.78, 5) is 36.0. The maximum atomic E-state index is 12.8. The highest BCUT2D eigenvalue weighted by molar-refractivity contribution is 6.03. The number of benzene rings is 1. The van der Waals surface area contributed by atoms with Crippen molar-refractivity contribution >= 4 is 23.5 Å². The fourth-order valence-corrected chi connectivity index (χ4v) is 4.62. The topological polar surface area (TPSA) is 98.7 Å². The van der Waals surface area contributed by atoms with Crippen LogP contribution in [-0.4, -0.2) is 54.2 Å². The Labute approximate surface area is 202 Å². The number of fused-ring (bicyclic) bond motifs is 1. The van der Waals surface area contributed by atoms with Gasteiger partial charge in [-0.25, -0.2) is 4.79 Å². The Morgan fingerprint density at radius 3 is 2.40 bits per heavy atom. The molecule has 3 aliphatic rings. The third kappa shape index (κ3) is 7.81. The number of carboxylic acids is 1. The second kappa shape index (κ2) is 12.2. The molecule has 0 aromatic heterocycles. The molecule has 4 rings (SSSR count). The van der Waals surface area contributed by atoms with Gasteiger partial charge in [-0.2, -0.15) is 13.2 Å². The van der Waals surface area contributed by atoms with Crippen LogP contribution in [0.3, 0.4) is 0 Å². The van der Waals surface area contributed by atoms with Gasteiger partial charge in [0.1, 0.15) is 0 Å². The van der Waals surface area contributed by atoms with E-state index in [1.54, 1.807) is 6.08 Å². The number of amides is 2. The van der Waals surface area contributed by atoms with E-state index >= 15 is 0 Å². The maximum Gasteiger partial charge on any atom is 0.490 e. The summed E-state index contributed by atoms with van der Waals surface area (Å²) in [5.74, 6) is -2.04. The van der Waals surface area contributed by atoms with Gasteiger partial charge < -0.3 is 20.6 Å². The van der Waals surface area contributed by atoms with Crippen molar-refractivity contribution in [3.8, 4) is 0 Å². The average Bonchev–Trinajstić information content (AvgIpc) is 3.21. The highest BCUT2D eigenvalue weighted by Gasteiger charge is 2.38. The van der Waals surface area contributed by atoms with Crippen LogP contribution in [0.4, 0.5) is 18.9 Å². The van der Waals surface area contributed by atoms with Crippen molar-refractivity contribution in [2.24, 2.45) is 5.92 Å². The molecule has 3 N–H and O–H groups in total. The minimum atomic E-state index is -5.08. The van der Waals surface area contributed by atoms with Crippen LogP contribution in [0.15, 0.2) is 36.4 Å². The summed E-state index contributed by atoms with van der Waals surface area (Å²) in [5, 5.41) is 13.5. The van der Waals surface area contributed by atoms with Gasteiger partial charge in [-0.1, -0.05) is 56.4 Å². The molecule has 0 radical (unpaired) electrons. The first-order chi connectivity index (χ1) is 16.6. The van der Waals surface area contributed by atoms with Crippen LogP contribution in [-0.2, 0) is 20.8 Å². The number of para-hydroxylation sites is 1. The first-order valence-electron chi connectivity index (χ1n) is 12.1.